The highest BCUT2D eigenvalue weighted by Gasteiger charge is 2.07. The van der Waals surface area contributed by atoms with Crippen molar-refractivity contribution in [3.8, 4) is 0 Å². The van der Waals surface area contributed by atoms with E-state index in [0.29, 0.717) is 47.0 Å². The van der Waals surface area contributed by atoms with Gasteiger partial charge in [-0.25, -0.2) is 0 Å². The summed E-state index contributed by atoms with van der Waals surface area (Å²) in [7, 11) is 0. The first-order valence-corrected chi connectivity index (χ1v) is 25.6. The fourth-order valence-corrected chi connectivity index (χ4v) is 6.02. The first-order valence-electron chi connectivity index (χ1n) is 25.6. The van der Waals surface area contributed by atoms with Crippen molar-refractivity contribution in [3.63, 3.8) is 0 Å². The van der Waals surface area contributed by atoms with Crippen molar-refractivity contribution in [2.75, 3.05) is 0 Å². The molecule has 1 atom stereocenters. The molecule has 0 aromatic heterocycles. The molecular weight excluding hydrogens is 769 g/mol. The van der Waals surface area contributed by atoms with E-state index in [0.717, 1.165) is 113 Å². The second-order valence-electron chi connectivity index (χ2n) is 21.1. The smallest absolute Gasteiger partial charge is 0.135 e. The third kappa shape index (κ3) is 89.1. The van der Waals surface area contributed by atoms with Crippen molar-refractivity contribution >= 4 is 34.7 Å². The Morgan fingerprint density at radius 3 is 0.952 bits per heavy atom. The van der Waals surface area contributed by atoms with Gasteiger partial charge in [-0.1, -0.05) is 162 Å². The summed E-state index contributed by atoms with van der Waals surface area (Å²) < 4.78 is 0. The van der Waals surface area contributed by atoms with E-state index in [-0.39, 0.29) is 5.92 Å². The molecule has 0 spiro atoms. The predicted molar refractivity (Wildman–Crippen MR) is 273 cm³/mol. The summed E-state index contributed by atoms with van der Waals surface area (Å²) in [6.45, 7) is 41.2. The molecule has 6 heteroatoms. The molecule has 0 aliphatic heterocycles. The highest BCUT2D eigenvalue weighted by molar-refractivity contribution is 5.80. The first-order chi connectivity index (χ1) is 28.6. The minimum absolute atomic E-state index is 0.224. The standard InChI is InChI=1S/3C10H20O.2C9H18O.C8H16O/c1-8(2)7-9(3)5-6-10(4)11;1-8(2)6-5-7-10(11)9(3)4;1-9(2)7-5-4-6-8-10(3)11;1-8(2)6-4-5-7-9(3)10;1-4-9(10)7-5-6-8(2)3;1-7(2)5-4-6-8(3)9/h2*8-9H,5-7H2,1-4H3;9H,4-8H2,1-3H3;2*8H,4-7H2,1-3H3;7H,4-6H2,1-3H3. The monoisotopic (exact) mass is 881 g/mol. The van der Waals surface area contributed by atoms with Crippen molar-refractivity contribution in [1.29, 1.82) is 0 Å². The molecule has 0 fully saturated rings. The number of unbranched alkanes of at least 4 members (excludes halogenated alkanes) is 3. The van der Waals surface area contributed by atoms with Crippen LogP contribution in [0.25, 0.3) is 0 Å². The summed E-state index contributed by atoms with van der Waals surface area (Å²) in [5.74, 6) is 7.60. The van der Waals surface area contributed by atoms with E-state index in [2.05, 4.69) is 90.0 Å². The summed E-state index contributed by atoms with van der Waals surface area (Å²) in [6, 6.07) is 0. The molecule has 0 radical (unpaired) electrons. The van der Waals surface area contributed by atoms with Crippen molar-refractivity contribution in [3.05, 3.63) is 0 Å². The van der Waals surface area contributed by atoms with Gasteiger partial charge in [-0.15, -0.1) is 0 Å². The molecule has 0 amide bonds. The maximum atomic E-state index is 11.1. The molecule has 0 heterocycles. The fraction of sp³-hybridized carbons (Fsp3) is 0.893. The topological polar surface area (TPSA) is 102 Å². The summed E-state index contributed by atoms with van der Waals surface area (Å²) >= 11 is 0. The Morgan fingerprint density at radius 1 is 0.323 bits per heavy atom. The molecule has 0 aromatic carbocycles. The van der Waals surface area contributed by atoms with E-state index in [1.807, 2.05) is 20.8 Å². The van der Waals surface area contributed by atoms with Gasteiger partial charge in [-0.2, -0.15) is 0 Å². The van der Waals surface area contributed by atoms with Crippen LogP contribution in [0.5, 0.6) is 0 Å². The largest absolute Gasteiger partial charge is 0.300 e. The minimum atomic E-state index is 0.224. The zero-order valence-electron chi connectivity index (χ0n) is 45.6. The molecule has 0 aromatic rings. The summed E-state index contributed by atoms with van der Waals surface area (Å²) in [6.07, 6.45) is 22.8. The fourth-order valence-electron chi connectivity index (χ4n) is 6.02. The molecule has 0 bridgehead atoms. The van der Waals surface area contributed by atoms with E-state index in [1.165, 1.54) is 57.8 Å². The van der Waals surface area contributed by atoms with Gasteiger partial charge < -0.3 is 19.2 Å². The van der Waals surface area contributed by atoms with Crippen LogP contribution in [0.3, 0.4) is 0 Å². The molecular formula is C56H112O6. The molecule has 0 saturated heterocycles. The summed E-state index contributed by atoms with van der Waals surface area (Å²) in [5.41, 5.74) is 0. The molecule has 0 aliphatic carbocycles. The van der Waals surface area contributed by atoms with Crippen molar-refractivity contribution < 1.29 is 28.8 Å². The SMILES string of the molecule is CC(=O)CCC(C)CC(C)C.CC(=O)CCCC(C)C.CC(=O)CCCCC(C)C.CC(=O)CCCCCC(C)C.CC(C)CCCC(=O)C(C)C.CCC(=O)CCCC(C)C. The van der Waals surface area contributed by atoms with Gasteiger partial charge in [0.1, 0.15) is 34.7 Å². The summed E-state index contributed by atoms with van der Waals surface area (Å²) in [5, 5.41) is 0. The number of rotatable bonds is 30. The normalized spacial score (nSPS) is 11.1. The maximum absolute atomic E-state index is 11.1. The lowest BCUT2D eigenvalue weighted by molar-refractivity contribution is -0.122. The van der Waals surface area contributed by atoms with Gasteiger partial charge in [0.05, 0.1) is 0 Å². The van der Waals surface area contributed by atoms with E-state index >= 15 is 0 Å². The number of hydrogen-bond acceptors (Lipinski definition) is 6. The maximum Gasteiger partial charge on any atom is 0.135 e. The molecule has 0 rings (SSSR count). The lowest BCUT2D eigenvalue weighted by Crippen LogP contribution is -2.06. The van der Waals surface area contributed by atoms with Gasteiger partial charge in [0, 0.05) is 50.9 Å². The van der Waals surface area contributed by atoms with Crippen LogP contribution >= 0.6 is 0 Å². The average molecular weight is 882 g/mol. The van der Waals surface area contributed by atoms with Crippen LogP contribution in [0.15, 0.2) is 0 Å². The van der Waals surface area contributed by atoms with Crippen LogP contribution < -0.4 is 0 Å². The Balaban J connectivity index is -0.000000152. The van der Waals surface area contributed by atoms with Crippen LogP contribution in [0.4, 0.5) is 0 Å². The lowest BCUT2D eigenvalue weighted by Gasteiger charge is -2.12. The van der Waals surface area contributed by atoms with E-state index < -0.39 is 0 Å². The third-order valence-electron chi connectivity index (χ3n) is 10.0. The van der Waals surface area contributed by atoms with Crippen molar-refractivity contribution in [1.82, 2.24) is 0 Å². The van der Waals surface area contributed by atoms with E-state index in [9.17, 15) is 28.8 Å². The first kappa shape index (κ1) is 71.6. The molecule has 1 unspecified atom stereocenters. The highest BCUT2D eigenvalue weighted by Crippen LogP contribution is 2.16. The Hall–Kier alpha value is -1.98. The zero-order valence-corrected chi connectivity index (χ0v) is 45.6. The predicted octanol–water partition coefficient (Wildman–Crippen LogP) is 17.2. The molecule has 372 valence electrons. The summed E-state index contributed by atoms with van der Waals surface area (Å²) in [4.78, 5) is 64.0. The van der Waals surface area contributed by atoms with Crippen LogP contribution in [0.2, 0.25) is 0 Å². The second kappa shape index (κ2) is 51.7. The third-order valence-corrected chi connectivity index (χ3v) is 10.0. The Morgan fingerprint density at radius 2 is 0.629 bits per heavy atom. The van der Waals surface area contributed by atoms with Crippen LogP contribution in [0.1, 0.15) is 280 Å². The van der Waals surface area contributed by atoms with Gasteiger partial charge in [-0.05, 0) is 114 Å². The lowest BCUT2D eigenvalue weighted by atomic mass is 9.94. The van der Waals surface area contributed by atoms with Gasteiger partial charge in [0.25, 0.3) is 0 Å². The van der Waals surface area contributed by atoms with E-state index in [1.54, 1.807) is 27.7 Å². The van der Waals surface area contributed by atoms with Gasteiger partial charge in [0.15, 0.2) is 0 Å². The Kier molecular flexibility index (Phi) is 59.7. The number of carbonyl (C=O) groups excluding carboxylic acids is 6. The van der Waals surface area contributed by atoms with Gasteiger partial charge in [-0.3, -0.25) is 9.59 Å². The van der Waals surface area contributed by atoms with Crippen molar-refractivity contribution in [2.45, 2.75) is 280 Å². The number of Topliss-reactive ketones (excluding diaryl/α,β-unsaturated/α-hetero) is 6. The van der Waals surface area contributed by atoms with Crippen LogP contribution in [-0.2, 0) is 28.8 Å². The minimum Gasteiger partial charge on any atom is -0.300 e. The number of hydrogen-bond donors (Lipinski definition) is 0. The highest BCUT2D eigenvalue weighted by atomic mass is 16.1. The Labute approximate surface area is 389 Å². The zero-order chi connectivity index (χ0) is 49.6. The average Bonchev–Trinajstić information content (AvgIpc) is 3.12. The van der Waals surface area contributed by atoms with Gasteiger partial charge in [0.2, 0.25) is 0 Å². The quantitative estimate of drug-likeness (QED) is 0.0666. The molecule has 62 heavy (non-hydrogen) atoms. The molecule has 0 saturated carbocycles. The second-order valence-corrected chi connectivity index (χ2v) is 21.1. The van der Waals surface area contributed by atoms with E-state index in [4.69, 9.17) is 0 Å². The molecule has 6 nitrogen and oxygen atoms in total. The van der Waals surface area contributed by atoms with Gasteiger partial charge >= 0.3 is 0 Å². The number of ketones is 6. The number of carbonyl (C=O) groups is 6. The molecule has 0 N–H and O–H groups in total. The van der Waals surface area contributed by atoms with Crippen LogP contribution in [0, 0.1) is 47.3 Å². The Bertz CT molecular complexity index is 1030. The molecule has 0 aliphatic rings. The van der Waals surface area contributed by atoms with Crippen LogP contribution in [-0.4, -0.2) is 34.7 Å². The van der Waals surface area contributed by atoms with Crippen molar-refractivity contribution in [2.24, 2.45) is 47.3 Å².